The normalized spacial score (nSPS) is 24.5. The van der Waals surface area contributed by atoms with E-state index in [1.54, 1.807) is 6.07 Å². The highest BCUT2D eigenvalue weighted by molar-refractivity contribution is 6.33. The van der Waals surface area contributed by atoms with Crippen LogP contribution in [-0.4, -0.2) is 41.5 Å². The molecule has 3 atom stereocenters. The van der Waals surface area contributed by atoms with Gasteiger partial charge < -0.3 is 19.2 Å². The first kappa shape index (κ1) is 23.2. The predicted octanol–water partition coefficient (Wildman–Crippen LogP) is 7.18. The van der Waals surface area contributed by atoms with E-state index in [0.717, 1.165) is 36.1 Å². The van der Waals surface area contributed by atoms with Crippen molar-refractivity contribution in [1.82, 2.24) is 9.97 Å². The standard InChI is InChI=1S/C30H28ClFN2O3/c31-22-16-23-27(34-26(22)20-10-8-19(9-11-20)18-5-2-1-3-6-18)25(32)29(33-23)37-21-7-4-14-35-28-24(15-21)36-17-30(28)12-13-30/h1-3,5-6,8-11,16,21,24,28,33H,4,7,12-15,17H2/t21?,24-,28?/m1/s1. The molecule has 190 valence electrons. The summed E-state index contributed by atoms with van der Waals surface area (Å²) in [6.07, 6.45) is 4.64. The van der Waals surface area contributed by atoms with Gasteiger partial charge in [0.25, 0.3) is 0 Å². The van der Waals surface area contributed by atoms with E-state index < -0.39 is 5.82 Å². The van der Waals surface area contributed by atoms with Crippen molar-refractivity contribution in [3.8, 4) is 28.3 Å². The Balaban J connectivity index is 1.14. The maximum Gasteiger partial charge on any atom is 0.231 e. The summed E-state index contributed by atoms with van der Waals surface area (Å²) in [6.45, 7) is 1.44. The lowest BCUT2D eigenvalue weighted by Crippen LogP contribution is -2.37. The van der Waals surface area contributed by atoms with Crippen molar-refractivity contribution in [2.75, 3.05) is 13.2 Å². The molecule has 4 heterocycles. The SMILES string of the molecule is Fc1c(OC2CCCOC3[C@@H](C2)OCC32CC2)[nH]c2cc(Cl)c(-c3ccc(-c4ccccc4)cc3)nc12. The van der Waals surface area contributed by atoms with E-state index in [-0.39, 0.29) is 35.1 Å². The van der Waals surface area contributed by atoms with E-state index in [1.807, 2.05) is 42.5 Å². The lowest BCUT2D eigenvalue weighted by molar-refractivity contribution is -0.0551. The molecule has 2 aromatic heterocycles. The molecule has 3 aliphatic rings. The van der Waals surface area contributed by atoms with Gasteiger partial charge in [0.2, 0.25) is 11.7 Å². The summed E-state index contributed by atoms with van der Waals surface area (Å²) in [5.74, 6) is -0.382. The number of rotatable bonds is 4. The van der Waals surface area contributed by atoms with Crippen LogP contribution in [-0.2, 0) is 9.47 Å². The highest BCUT2D eigenvalue weighted by Gasteiger charge is 2.58. The van der Waals surface area contributed by atoms with Crippen molar-refractivity contribution in [3.05, 3.63) is 71.5 Å². The first-order valence-corrected chi connectivity index (χ1v) is 13.4. The Kier molecular flexibility index (Phi) is 5.72. The van der Waals surface area contributed by atoms with E-state index in [4.69, 9.17) is 25.8 Å². The highest BCUT2D eigenvalue weighted by Crippen LogP contribution is 2.56. The Hall–Kier alpha value is -2.93. The van der Waals surface area contributed by atoms with Crippen LogP contribution in [0, 0.1) is 11.2 Å². The van der Waals surface area contributed by atoms with Gasteiger partial charge >= 0.3 is 0 Å². The molecule has 0 radical (unpaired) electrons. The molecule has 3 fully saturated rings. The zero-order valence-corrected chi connectivity index (χ0v) is 21.1. The number of H-pyrrole nitrogens is 1. The molecule has 2 aromatic carbocycles. The Labute approximate surface area is 219 Å². The summed E-state index contributed by atoms with van der Waals surface area (Å²) in [6, 6.07) is 19.8. The van der Waals surface area contributed by atoms with Gasteiger partial charge in [0.05, 0.1) is 35.0 Å². The van der Waals surface area contributed by atoms with Crippen LogP contribution in [0.1, 0.15) is 32.1 Å². The number of benzene rings is 2. The van der Waals surface area contributed by atoms with Gasteiger partial charge in [-0.2, -0.15) is 4.39 Å². The van der Waals surface area contributed by atoms with Crippen LogP contribution in [0.25, 0.3) is 33.4 Å². The van der Waals surface area contributed by atoms with Crippen molar-refractivity contribution in [3.63, 3.8) is 0 Å². The van der Waals surface area contributed by atoms with Crippen LogP contribution < -0.4 is 4.74 Å². The van der Waals surface area contributed by atoms with Crippen LogP contribution in [0.3, 0.4) is 0 Å². The Morgan fingerprint density at radius 3 is 2.54 bits per heavy atom. The number of nitrogens with one attached hydrogen (secondary N) is 1. The molecular weight excluding hydrogens is 491 g/mol. The van der Waals surface area contributed by atoms with Gasteiger partial charge in [-0.25, -0.2) is 4.98 Å². The largest absolute Gasteiger partial charge is 0.473 e. The van der Waals surface area contributed by atoms with Crippen molar-refractivity contribution in [2.45, 2.75) is 50.4 Å². The van der Waals surface area contributed by atoms with Crippen molar-refractivity contribution in [1.29, 1.82) is 0 Å². The molecule has 1 saturated carbocycles. The summed E-state index contributed by atoms with van der Waals surface area (Å²) in [4.78, 5) is 7.68. The van der Waals surface area contributed by atoms with Crippen LogP contribution in [0.15, 0.2) is 60.7 Å². The molecule has 1 N–H and O–H groups in total. The summed E-state index contributed by atoms with van der Waals surface area (Å²) in [5, 5.41) is 0.452. The topological polar surface area (TPSA) is 56.4 Å². The fourth-order valence-corrected chi connectivity index (χ4v) is 6.11. The molecule has 0 amide bonds. The second-order valence-electron chi connectivity index (χ2n) is 10.5. The minimum atomic E-state index is -0.491. The van der Waals surface area contributed by atoms with Gasteiger partial charge in [0, 0.05) is 24.0 Å². The number of aromatic amines is 1. The molecule has 7 heteroatoms. The summed E-state index contributed by atoms with van der Waals surface area (Å²) < 4.78 is 34.0. The second-order valence-corrected chi connectivity index (χ2v) is 11.0. The molecule has 4 aromatic rings. The maximum atomic E-state index is 15.6. The molecule has 2 aliphatic heterocycles. The van der Waals surface area contributed by atoms with E-state index in [2.05, 4.69) is 22.1 Å². The molecule has 1 aliphatic carbocycles. The minimum absolute atomic E-state index is 0.00160. The molecule has 2 saturated heterocycles. The van der Waals surface area contributed by atoms with Crippen LogP contribution in [0.2, 0.25) is 5.02 Å². The number of fused-ring (bicyclic) bond motifs is 3. The monoisotopic (exact) mass is 518 g/mol. The van der Waals surface area contributed by atoms with Crippen molar-refractivity contribution < 1.29 is 18.6 Å². The number of nitrogens with zero attached hydrogens (tertiary/aromatic N) is 1. The van der Waals surface area contributed by atoms with E-state index >= 15 is 4.39 Å². The summed E-state index contributed by atoms with van der Waals surface area (Å²) in [5.41, 5.74) is 4.53. The van der Waals surface area contributed by atoms with Gasteiger partial charge in [-0.3, -0.25) is 0 Å². The van der Waals surface area contributed by atoms with Gasteiger partial charge in [0.1, 0.15) is 11.6 Å². The molecule has 0 bridgehead atoms. The fraction of sp³-hybridized carbons (Fsp3) is 0.367. The third-order valence-corrected chi connectivity index (χ3v) is 8.35. The third-order valence-electron chi connectivity index (χ3n) is 8.06. The number of hydrogen-bond donors (Lipinski definition) is 1. The Morgan fingerprint density at radius 2 is 1.76 bits per heavy atom. The zero-order valence-electron chi connectivity index (χ0n) is 20.4. The molecule has 1 spiro atoms. The minimum Gasteiger partial charge on any atom is -0.473 e. The third kappa shape index (κ3) is 4.21. The van der Waals surface area contributed by atoms with Gasteiger partial charge in [-0.15, -0.1) is 0 Å². The maximum absolute atomic E-state index is 15.6. The van der Waals surface area contributed by atoms with Gasteiger partial charge in [-0.1, -0.05) is 66.2 Å². The van der Waals surface area contributed by atoms with Crippen LogP contribution in [0.5, 0.6) is 5.88 Å². The second kappa shape index (κ2) is 9.12. The summed E-state index contributed by atoms with van der Waals surface area (Å²) >= 11 is 6.61. The van der Waals surface area contributed by atoms with Gasteiger partial charge in [0.15, 0.2) is 0 Å². The fourth-order valence-electron chi connectivity index (χ4n) is 5.84. The number of pyridine rings is 1. The molecule has 7 rings (SSSR count). The van der Waals surface area contributed by atoms with Gasteiger partial charge in [-0.05, 0) is 42.9 Å². The first-order valence-electron chi connectivity index (χ1n) is 13.0. The average Bonchev–Trinajstić information content (AvgIpc) is 3.54. The average molecular weight is 519 g/mol. The number of ether oxygens (including phenoxy) is 3. The van der Waals surface area contributed by atoms with Crippen LogP contribution in [0.4, 0.5) is 4.39 Å². The number of hydrogen-bond acceptors (Lipinski definition) is 4. The van der Waals surface area contributed by atoms with Crippen molar-refractivity contribution in [2.24, 2.45) is 5.41 Å². The van der Waals surface area contributed by atoms with Crippen molar-refractivity contribution >= 4 is 22.6 Å². The zero-order chi connectivity index (χ0) is 25.0. The smallest absolute Gasteiger partial charge is 0.231 e. The molecule has 2 unspecified atom stereocenters. The highest BCUT2D eigenvalue weighted by atomic mass is 35.5. The predicted molar refractivity (Wildman–Crippen MR) is 141 cm³/mol. The molecule has 5 nitrogen and oxygen atoms in total. The number of aromatic nitrogens is 2. The van der Waals surface area contributed by atoms with E-state index in [1.165, 1.54) is 12.8 Å². The Morgan fingerprint density at radius 1 is 1.00 bits per heavy atom. The quantitative estimate of drug-likeness (QED) is 0.311. The Bertz CT molecular complexity index is 1430. The van der Waals surface area contributed by atoms with E-state index in [9.17, 15) is 0 Å². The molecule has 37 heavy (non-hydrogen) atoms. The first-order chi connectivity index (χ1) is 18.1. The lowest BCUT2D eigenvalue weighted by atomic mass is 9.93. The summed E-state index contributed by atoms with van der Waals surface area (Å²) in [7, 11) is 0. The molecular formula is C30H28ClFN2O3. The van der Waals surface area contributed by atoms with E-state index in [0.29, 0.717) is 29.3 Å². The van der Waals surface area contributed by atoms with Crippen LogP contribution >= 0.6 is 11.6 Å². The lowest BCUT2D eigenvalue weighted by Gasteiger charge is -2.29. The number of halogens is 2.